The van der Waals surface area contributed by atoms with E-state index >= 15 is 0 Å². The van der Waals surface area contributed by atoms with Crippen LogP contribution < -0.4 is 5.32 Å². The molecule has 0 radical (unpaired) electrons. The van der Waals surface area contributed by atoms with Gasteiger partial charge in [-0.25, -0.2) is 4.68 Å². The average molecular weight is 365 g/mol. The summed E-state index contributed by atoms with van der Waals surface area (Å²) in [4.78, 5) is 12.5. The van der Waals surface area contributed by atoms with Gasteiger partial charge < -0.3 is 5.32 Å². The summed E-state index contributed by atoms with van der Waals surface area (Å²) in [5, 5.41) is 7.11. The molecule has 2 aromatic rings. The van der Waals surface area contributed by atoms with E-state index in [9.17, 15) is 18.0 Å². The van der Waals surface area contributed by atoms with Crippen LogP contribution >= 0.6 is 0 Å². The van der Waals surface area contributed by atoms with Gasteiger partial charge in [0, 0.05) is 12.5 Å². The first-order chi connectivity index (χ1) is 12.3. The molecule has 0 bridgehead atoms. The number of carbonyl (C=O) groups is 1. The maximum absolute atomic E-state index is 13.0. The van der Waals surface area contributed by atoms with Crippen LogP contribution in [-0.4, -0.2) is 22.2 Å². The smallest absolute Gasteiger partial charge is 0.352 e. The van der Waals surface area contributed by atoms with E-state index in [1.165, 1.54) is 16.9 Å². The molecule has 0 aliphatic heterocycles. The van der Waals surface area contributed by atoms with Gasteiger partial charge in [0.1, 0.15) is 0 Å². The van der Waals surface area contributed by atoms with E-state index < -0.39 is 11.7 Å². The minimum absolute atomic E-state index is 0.165. The molecule has 1 heterocycles. The van der Waals surface area contributed by atoms with E-state index in [4.69, 9.17) is 0 Å². The van der Waals surface area contributed by atoms with Gasteiger partial charge in [-0.2, -0.15) is 18.3 Å². The van der Waals surface area contributed by atoms with E-state index in [-0.39, 0.29) is 11.8 Å². The number of halogens is 3. The minimum Gasteiger partial charge on any atom is -0.352 e. The number of nitrogens with one attached hydrogen (secondary N) is 1. The third-order valence-corrected chi connectivity index (χ3v) is 4.44. The molecule has 1 aliphatic carbocycles. The molecule has 3 rings (SSSR count). The summed E-state index contributed by atoms with van der Waals surface area (Å²) < 4.78 is 40.5. The first-order valence-electron chi connectivity index (χ1n) is 8.81. The van der Waals surface area contributed by atoms with Crippen LogP contribution in [0.2, 0.25) is 0 Å². The maximum atomic E-state index is 13.0. The second kappa shape index (κ2) is 7.13. The van der Waals surface area contributed by atoms with Gasteiger partial charge in [-0.3, -0.25) is 4.79 Å². The SMILES string of the molecule is CC(C)CCNC(=O)c1cnn(-c2cccc(C(F)(F)F)c2)c1C1CC1. The van der Waals surface area contributed by atoms with Gasteiger partial charge in [-0.1, -0.05) is 19.9 Å². The summed E-state index contributed by atoms with van der Waals surface area (Å²) in [5.41, 5.74) is 0.748. The maximum Gasteiger partial charge on any atom is 0.416 e. The lowest BCUT2D eigenvalue weighted by molar-refractivity contribution is -0.137. The fourth-order valence-electron chi connectivity index (χ4n) is 2.87. The summed E-state index contributed by atoms with van der Waals surface area (Å²) in [7, 11) is 0. The molecule has 1 fully saturated rings. The zero-order chi connectivity index (χ0) is 18.9. The van der Waals surface area contributed by atoms with Gasteiger partial charge in [0.2, 0.25) is 0 Å². The zero-order valence-corrected chi connectivity index (χ0v) is 14.8. The number of hydrogen-bond acceptors (Lipinski definition) is 2. The Morgan fingerprint density at radius 3 is 2.69 bits per heavy atom. The van der Waals surface area contributed by atoms with Crippen molar-refractivity contribution >= 4 is 5.91 Å². The highest BCUT2D eigenvalue weighted by molar-refractivity contribution is 5.95. The third-order valence-electron chi connectivity index (χ3n) is 4.44. The Bertz CT molecular complexity index is 792. The molecule has 1 aliphatic rings. The Balaban J connectivity index is 1.90. The van der Waals surface area contributed by atoms with Crippen LogP contribution in [0.4, 0.5) is 13.2 Å². The van der Waals surface area contributed by atoms with Gasteiger partial charge in [0.15, 0.2) is 0 Å². The summed E-state index contributed by atoms with van der Waals surface area (Å²) >= 11 is 0. The quantitative estimate of drug-likeness (QED) is 0.817. The molecule has 4 nitrogen and oxygen atoms in total. The van der Waals surface area contributed by atoms with Crippen molar-refractivity contribution in [2.75, 3.05) is 6.54 Å². The standard InChI is InChI=1S/C19H22F3N3O/c1-12(2)8-9-23-18(26)16-11-24-25(17(16)13-6-7-13)15-5-3-4-14(10-15)19(20,21)22/h3-5,10-13H,6-9H2,1-2H3,(H,23,26). The molecular formula is C19H22F3N3O. The number of alkyl halides is 3. The second-order valence-corrected chi connectivity index (χ2v) is 7.12. The third kappa shape index (κ3) is 4.08. The van der Waals surface area contributed by atoms with Crippen LogP contribution in [0, 0.1) is 5.92 Å². The molecule has 140 valence electrons. The zero-order valence-electron chi connectivity index (χ0n) is 14.8. The number of carbonyl (C=O) groups excluding carboxylic acids is 1. The highest BCUT2D eigenvalue weighted by Crippen LogP contribution is 2.42. The van der Waals surface area contributed by atoms with E-state index in [0.717, 1.165) is 31.4 Å². The Hall–Kier alpha value is -2.31. The van der Waals surface area contributed by atoms with Crippen LogP contribution in [0.3, 0.4) is 0 Å². The van der Waals surface area contributed by atoms with E-state index in [1.54, 1.807) is 6.07 Å². The van der Waals surface area contributed by atoms with Crippen molar-refractivity contribution in [2.24, 2.45) is 5.92 Å². The topological polar surface area (TPSA) is 46.9 Å². The molecule has 0 unspecified atom stereocenters. The Morgan fingerprint density at radius 1 is 1.35 bits per heavy atom. The van der Waals surface area contributed by atoms with Gasteiger partial charge in [0.05, 0.1) is 28.7 Å². The van der Waals surface area contributed by atoms with Gasteiger partial charge in [-0.05, 0) is 43.4 Å². The molecule has 1 saturated carbocycles. The van der Waals surface area contributed by atoms with Crippen molar-refractivity contribution in [3.8, 4) is 5.69 Å². The highest BCUT2D eigenvalue weighted by Gasteiger charge is 2.34. The Labute approximate surface area is 150 Å². The predicted octanol–water partition coefficient (Wildman–Crippen LogP) is 4.54. The van der Waals surface area contributed by atoms with Gasteiger partial charge in [0.25, 0.3) is 5.91 Å². The lowest BCUT2D eigenvalue weighted by Gasteiger charge is -2.12. The molecule has 26 heavy (non-hydrogen) atoms. The molecular weight excluding hydrogens is 343 g/mol. The predicted molar refractivity (Wildman–Crippen MR) is 92.3 cm³/mol. The summed E-state index contributed by atoms with van der Waals surface area (Å²) in [6, 6.07) is 5.04. The fraction of sp³-hybridized carbons (Fsp3) is 0.474. The van der Waals surface area contributed by atoms with E-state index in [1.807, 2.05) is 0 Å². The summed E-state index contributed by atoms with van der Waals surface area (Å²) in [6.45, 7) is 4.72. The molecule has 7 heteroatoms. The Kier molecular flexibility index (Phi) is 5.07. The van der Waals surface area contributed by atoms with Crippen LogP contribution in [0.25, 0.3) is 5.69 Å². The lowest BCUT2D eigenvalue weighted by atomic mass is 10.1. The van der Waals surface area contributed by atoms with Crippen LogP contribution in [0.15, 0.2) is 30.5 Å². The largest absolute Gasteiger partial charge is 0.416 e. The summed E-state index contributed by atoms with van der Waals surface area (Å²) in [6.07, 6.45) is -0.265. The highest BCUT2D eigenvalue weighted by atomic mass is 19.4. The number of amides is 1. The fourth-order valence-corrected chi connectivity index (χ4v) is 2.87. The van der Waals surface area contributed by atoms with Crippen LogP contribution in [0.1, 0.15) is 60.6 Å². The van der Waals surface area contributed by atoms with Gasteiger partial charge in [-0.15, -0.1) is 0 Å². The van der Waals surface area contributed by atoms with Crippen LogP contribution in [0.5, 0.6) is 0 Å². The average Bonchev–Trinajstić information content (AvgIpc) is 3.31. The van der Waals surface area contributed by atoms with Crippen molar-refractivity contribution in [2.45, 2.75) is 45.2 Å². The summed E-state index contributed by atoms with van der Waals surface area (Å²) in [5.74, 6) is 0.426. The molecule has 1 amide bonds. The number of nitrogens with zero attached hydrogens (tertiary/aromatic N) is 2. The monoisotopic (exact) mass is 365 g/mol. The molecule has 0 saturated heterocycles. The first-order valence-corrected chi connectivity index (χ1v) is 8.81. The number of aromatic nitrogens is 2. The molecule has 0 atom stereocenters. The molecule has 1 aromatic carbocycles. The van der Waals surface area contributed by atoms with Crippen molar-refractivity contribution < 1.29 is 18.0 Å². The van der Waals surface area contributed by atoms with Crippen LogP contribution in [-0.2, 0) is 6.18 Å². The number of rotatable bonds is 6. The van der Waals surface area contributed by atoms with Gasteiger partial charge >= 0.3 is 6.18 Å². The van der Waals surface area contributed by atoms with E-state index in [0.29, 0.717) is 29.4 Å². The molecule has 0 spiro atoms. The number of benzene rings is 1. The van der Waals surface area contributed by atoms with Crippen molar-refractivity contribution in [1.82, 2.24) is 15.1 Å². The molecule has 1 aromatic heterocycles. The Morgan fingerprint density at radius 2 is 2.08 bits per heavy atom. The molecule has 1 N–H and O–H groups in total. The minimum atomic E-state index is -4.42. The first kappa shape index (κ1) is 18.5. The van der Waals surface area contributed by atoms with E-state index in [2.05, 4.69) is 24.3 Å². The normalized spacial score (nSPS) is 14.7. The lowest BCUT2D eigenvalue weighted by Crippen LogP contribution is -2.26. The van der Waals surface area contributed by atoms with Crippen molar-refractivity contribution in [3.05, 3.63) is 47.3 Å². The number of hydrogen-bond donors (Lipinski definition) is 1. The van der Waals surface area contributed by atoms with Crippen molar-refractivity contribution in [3.63, 3.8) is 0 Å². The second-order valence-electron chi connectivity index (χ2n) is 7.12. The van der Waals surface area contributed by atoms with Crippen molar-refractivity contribution in [1.29, 1.82) is 0 Å².